The van der Waals surface area contributed by atoms with Gasteiger partial charge in [-0.15, -0.1) is 0 Å². The molecule has 0 unspecified atom stereocenters. The van der Waals surface area contributed by atoms with E-state index in [1.54, 1.807) is 0 Å². The molecule has 1 aromatic heterocycles. The summed E-state index contributed by atoms with van der Waals surface area (Å²) in [7, 11) is 0. The molecule has 0 radical (unpaired) electrons. The summed E-state index contributed by atoms with van der Waals surface area (Å²) >= 11 is 0. The molecule has 0 amide bonds. The van der Waals surface area contributed by atoms with Crippen molar-refractivity contribution in [2.45, 2.75) is 26.2 Å². The first-order chi connectivity index (χ1) is 8.55. The van der Waals surface area contributed by atoms with Crippen LogP contribution in [0.25, 0.3) is 11.3 Å². The highest BCUT2D eigenvalue weighted by Gasteiger charge is 2.22. The number of benzene rings is 1. The lowest BCUT2D eigenvalue weighted by molar-refractivity contribution is 0.174. The molecular weight excluding hydrogens is 228 g/mol. The molecule has 4 heteroatoms. The Morgan fingerprint density at radius 1 is 1.22 bits per heavy atom. The second-order valence-corrected chi connectivity index (χ2v) is 5.43. The van der Waals surface area contributed by atoms with Crippen LogP contribution in [0, 0.1) is 0 Å². The maximum absolute atomic E-state index is 5.51. The number of hydrogen-bond donors (Lipinski definition) is 1. The Morgan fingerprint density at radius 3 is 2.78 bits per heavy atom. The number of aromatic nitrogens is 2. The molecule has 0 bridgehead atoms. The van der Waals surface area contributed by atoms with E-state index < -0.39 is 0 Å². The zero-order chi connectivity index (χ0) is 12.8. The molecule has 3 rings (SSSR count). The summed E-state index contributed by atoms with van der Waals surface area (Å²) < 4.78 is 10.9. The van der Waals surface area contributed by atoms with Crippen molar-refractivity contribution in [3.8, 4) is 22.8 Å². The minimum absolute atomic E-state index is 0.00750. The van der Waals surface area contributed by atoms with Gasteiger partial charge in [-0.2, -0.15) is 0 Å². The number of para-hydroxylation sites is 1. The van der Waals surface area contributed by atoms with Crippen LogP contribution in [-0.4, -0.2) is 16.8 Å². The van der Waals surface area contributed by atoms with Crippen LogP contribution < -0.4 is 9.47 Å². The third-order valence-electron chi connectivity index (χ3n) is 2.97. The standard InChI is InChI=1S/C14H16N2O2/c1-14(2,3)13-15-7-10(16-13)9-5-4-6-11-12(9)18-8-17-11/h4-7H,8H2,1-3H3,(H,15,16). The lowest BCUT2D eigenvalue weighted by Crippen LogP contribution is -2.13. The largest absolute Gasteiger partial charge is 0.454 e. The number of rotatable bonds is 1. The molecule has 0 aliphatic carbocycles. The molecule has 1 aliphatic heterocycles. The molecule has 94 valence electrons. The van der Waals surface area contributed by atoms with Gasteiger partial charge in [0.05, 0.1) is 11.9 Å². The van der Waals surface area contributed by atoms with Gasteiger partial charge in [-0.3, -0.25) is 0 Å². The maximum atomic E-state index is 5.51. The highest BCUT2D eigenvalue weighted by atomic mass is 16.7. The summed E-state index contributed by atoms with van der Waals surface area (Å²) in [5, 5.41) is 0. The minimum Gasteiger partial charge on any atom is -0.454 e. The zero-order valence-electron chi connectivity index (χ0n) is 10.8. The van der Waals surface area contributed by atoms with Gasteiger partial charge in [0.1, 0.15) is 5.82 Å². The summed E-state index contributed by atoms with van der Waals surface area (Å²) in [6.07, 6.45) is 1.85. The smallest absolute Gasteiger partial charge is 0.231 e. The lowest BCUT2D eigenvalue weighted by Gasteiger charge is -2.14. The number of nitrogens with zero attached hydrogens (tertiary/aromatic N) is 1. The quantitative estimate of drug-likeness (QED) is 0.838. The molecule has 2 heterocycles. The number of imidazole rings is 1. The van der Waals surface area contributed by atoms with Crippen LogP contribution in [0.3, 0.4) is 0 Å². The van der Waals surface area contributed by atoms with Gasteiger partial charge in [-0.05, 0) is 12.1 Å². The molecule has 0 saturated carbocycles. The Balaban J connectivity index is 2.06. The fourth-order valence-electron chi connectivity index (χ4n) is 1.98. The van der Waals surface area contributed by atoms with Gasteiger partial charge in [0, 0.05) is 11.0 Å². The van der Waals surface area contributed by atoms with Gasteiger partial charge in [0.25, 0.3) is 0 Å². The predicted molar refractivity (Wildman–Crippen MR) is 68.8 cm³/mol. The molecule has 0 fully saturated rings. The summed E-state index contributed by atoms with van der Waals surface area (Å²) in [5.41, 5.74) is 1.96. The van der Waals surface area contributed by atoms with Crippen molar-refractivity contribution in [1.82, 2.24) is 9.97 Å². The highest BCUT2D eigenvalue weighted by Crippen LogP contribution is 2.40. The normalized spacial score (nSPS) is 13.9. The SMILES string of the molecule is CC(C)(C)c1ncc(-c2cccc3c2OCO3)[nH]1. The molecule has 0 atom stereocenters. The van der Waals surface area contributed by atoms with E-state index in [1.807, 2.05) is 24.4 Å². The number of hydrogen-bond acceptors (Lipinski definition) is 3. The van der Waals surface area contributed by atoms with Crippen LogP contribution >= 0.6 is 0 Å². The number of ether oxygens (including phenoxy) is 2. The van der Waals surface area contributed by atoms with Gasteiger partial charge in [0.15, 0.2) is 11.5 Å². The van der Waals surface area contributed by atoms with E-state index in [-0.39, 0.29) is 12.2 Å². The van der Waals surface area contributed by atoms with Crippen molar-refractivity contribution in [1.29, 1.82) is 0 Å². The Hall–Kier alpha value is -1.97. The van der Waals surface area contributed by atoms with E-state index in [4.69, 9.17) is 9.47 Å². The second-order valence-electron chi connectivity index (χ2n) is 5.43. The maximum Gasteiger partial charge on any atom is 0.231 e. The predicted octanol–water partition coefficient (Wildman–Crippen LogP) is 3.10. The molecule has 1 aromatic carbocycles. The number of H-pyrrole nitrogens is 1. The van der Waals surface area contributed by atoms with E-state index >= 15 is 0 Å². The van der Waals surface area contributed by atoms with Crippen molar-refractivity contribution >= 4 is 0 Å². The number of nitrogens with one attached hydrogen (secondary N) is 1. The van der Waals surface area contributed by atoms with Gasteiger partial charge in [-0.1, -0.05) is 26.8 Å². The van der Waals surface area contributed by atoms with Crippen molar-refractivity contribution in [2.75, 3.05) is 6.79 Å². The molecule has 0 spiro atoms. The van der Waals surface area contributed by atoms with E-state index in [1.165, 1.54) is 0 Å². The minimum atomic E-state index is 0.00750. The number of aromatic amines is 1. The van der Waals surface area contributed by atoms with Crippen molar-refractivity contribution in [3.05, 3.63) is 30.2 Å². The van der Waals surface area contributed by atoms with E-state index in [2.05, 4.69) is 30.7 Å². The first-order valence-corrected chi connectivity index (χ1v) is 6.00. The van der Waals surface area contributed by atoms with E-state index in [0.29, 0.717) is 0 Å². The van der Waals surface area contributed by atoms with E-state index in [9.17, 15) is 0 Å². The van der Waals surface area contributed by atoms with Crippen LogP contribution in [0.2, 0.25) is 0 Å². The van der Waals surface area contributed by atoms with Gasteiger partial charge >= 0.3 is 0 Å². The highest BCUT2D eigenvalue weighted by molar-refractivity contribution is 5.71. The van der Waals surface area contributed by atoms with Gasteiger partial charge < -0.3 is 14.5 Å². The fraction of sp³-hybridized carbons (Fsp3) is 0.357. The van der Waals surface area contributed by atoms with Crippen molar-refractivity contribution in [2.24, 2.45) is 0 Å². The van der Waals surface area contributed by atoms with Crippen LogP contribution in [0.5, 0.6) is 11.5 Å². The molecule has 18 heavy (non-hydrogen) atoms. The third kappa shape index (κ3) is 1.74. The van der Waals surface area contributed by atoms with Crippen LogP contribution in [0.15, 0.2) is 24.4 Å². The van der Waals surface area contributed by atoms with Crippen LogP contribution in [0.4, 0.5) is 0 Å². The average molecular weight is 244 g/mol. The molecule has 2 aromatic rings. The topological polar surface area (TPSA) is 47.1 Å². The third-order valence-corrected chi connectivity index (χ3v) is 2.97. The summed E-state index contributed by atoms with van der Waals surface area (Å²) in [6, 6.07) is 5.88. The van der Waals surface area contributed by atoms with Gasteiger partial charge in [0.2, 0.25) is 6.79 Å². The zero-order valence-corrected chi connectivity index (χ0v) is 10.8. The fourth-order valence-corrected chi connectivity index (χ4v) is 1.98. The molecular formula is C14H16N2O2. The second kappa shape index (κ2) is 3.77. The summed E-state index contributed by atoms with van der Waals surface area (Å²) in [4.78, 5) is 7.79. The Kier molecular flexibility index (Phi) is 2.33. The lowest BCUT2D eigenvalue weighted by atomic mass is 9.96. The van der Waals surface area contributed by atoms with Crippen molar-refractivity contribution < 1.29 is 9.47 Å². The first-order valence-electron chi connectivity index (χ1n) is 6.00. The Morgan fingerprint density at radius 2 is 2.06 bits per heavy atom. The molecule has 1 N–H and O–H groups in total. The van der Waals surface area contributed by atoms with Gasteiger partial charge in [-0.25, -0.2) is 4.98 Å². The molecule has 0 saturated heterocycles. The average Bonchev–Trinajstić information content (AvgIpc) is 2.96. The Labute approximate surface area is 106 Å². The Bertz CT molecular complexity index is 582. The monoisotopic (exact) mass is 244 g/mol. The molecule has 4 nitrogen and oxygen atoms in total. The van der Waals surface area contributed by atoms with E-state index in [0.717, 1.165) is 28.6 Å². The van der Waals surface area contributed by atoms with Crippen LogP contribution in [-0.2, 0) is 5.41 Å². The van der Waals surface area contributed by atoms with Crippen molar-refractivity contribution in [3.63, 3.8) is 0 Å². The summed E-state index contributed by atoms with van der Waals surface area (Å²) in [6.45, 7) is 6.67. The molecule has 1 aliphatic rings. The van der Waals surface area contributed by atoms with Crippen LogP contribution in [0.1, 0.15) is 26.6 Å². The summed E-state index contributed by atoms with van der Waals surface area (Å²) in [5.74, 6) is 2.55. The first kappa shape index (κ1) is 11.1. The number of fused-ring (bicyclic) bond motifs is 1.